The molecule has 0 N–H and O–H groups in total. The van der Waals surface area contributed by atoms with E-state index in [9.17, 15) is 4.79 Å². The van der Waals surface area contributed by atoms with Crippen LogP contribution < -0.4 is 9.47 Å². The lowest BCUT2D eigenvalue weighted by Gasteiger charge is -2.27. The van der Waals surface area contributed by atoms with Crippen molar-refractivity contribution >= 4 is 5.97 Å². The molecule has 0 amide bonds. The molecule has 0 bridgehead atoms. The second-order valence-electron chi connectivity index (χ2n) is 13.2. The zero-order valence-corrected chi connectivity index (χ0v) is 27.4. The van der Waals surface area contributed by atoms with Gasteiger partial charge in [-0.2, -0.15) is 0 Å². The number of esters is 1. The number of hydrogen-bond acceptors (Lipinski definition) is 3. The van der Waals surface area contributed by atoms with Gasteiger partial charge in [-0.25, -0.2) is 0 Å². The van der Waals surface area contributed by atoms with Crippen LogP contribution in [0.3, 0.4) is 0 Å². The topological polar surface area (TPSA) is 35.5 Å². The van der Waals surface area contributed by atoms with Gasteiger partial charge in [0.1, 0.15) is 11.5 Å². The van der Waals surface area contributed by atoms with E-state index in [1.54, 1.807) is 0 Å². The average Bonchev–Trinajstić information content (AvgIpc) is 3.01. The average molecular weight is 577 g/mol. The Morgan fingerprint density at radius 3 is 1.86 bits per heavy atom. The molecule has 1 fully saturated rings. The number of carbonyl (C=O) groups excluding carboxylic acids is 1. The van der Waals surface area contributed by atoms with E-state index in [1.807, 2.05) is 24.3 Å². The van der Waals surface area contributed by atoms with E-state index in [-0.39, 0.29) is 18.0 Å². The fraction of sp³-hybridized carbons (Fsp3) is 0.667. The number of ether oxygens (including phenoxy) is 2. The molecule has 0 saturated heterocycles. The molecule has 1 saturated carbocycles. The first-order valence-electron chi connectivity index (χ1n) is 17.6. The van der Waals surface area contributed by atoms with Gasteiger partial charge in [-0.1, -0.05) is 122 Å². The number of carbonyl (C=O) groups is 1. The zero-order valence-electron chi connectivity index (χ0n) is 27.4. The van der Waals surface area contributed by atoms with Crippen molar-refractivity contribution < 1.29 is 14.3 Å². The summed E-state index contributed by atoms with van der Waals surface area (Å²) >= 11 is 0. The standard InChI is InChI=1S/C39H60O3/c1-5-7-8-14-17-32(4)41-37-27-23-34(24-28-37)35-25-29-38(30-26-35)42-39(40)36-21-19-33(20-22-36)18-15-12-10-9-11-13-16-31(3)6-2/h23-33,36H,5-22H2,1-4H3/t31-,32+,33?,36?/m0/s1. The first kappa shape index (κ1) is 34.2. The van der Waals surface area contributed by atoms with Gasteiger partial charge in [0.2, 0.25) is 0 Å². The predicted octanol–water partition coefficient (Wildman–Crippen LogP) is 12.0. The summed E-state index contributed by atoms with van der Waals surface area (Å²) < 4.78 is 11.9. The van der Waals surface area contributed by atoms with Crippen LogP contribution in [0.15, 0.2) is 48.5 Å². The molecular weight excluding hydrogens is 516 g/mol. The second kappa shape index (κ2) is 19.8. The maximum Gasteiger partial charge on any atom is 0.314 e. The highest BCUT2D eigenvalue weighted by Gasteiger charge is 2.27. The van der Waals surface area contributed by atoms with Crippen molar-refractivity contribution in [2.45, 2.75) is 149 Å². The van der Waals surface area contributed by atoms with Gasteiger partial charge < -0.3 is 9.47 Å². The molecule has 42 heavy (non-hydrogen) atoms. The van der Waals surface area contributed by atoms with Crippen molar-refractivity contribution in [3.05, 3.63) is 48.5 Å². The molecule has 3 rings (SSSR count). The SMILES string of the molecule is CCCCCC[C@@H](C)Oc1ccc(-c2ccc(OC(=O)C3CCC(CCCCCCCC[C@@H](C)CC)CC3)cc2)cc1. The Kier molecular flexibility index (Phi) is 16.1. The minimum absolute atomic E-state index is 0.0491. The lowest BCUT2D eigenvalue weighted by Crippen LogP contribution is -2.25. The van der Waals surface area contributed by atoms with Crippen LogP contribution in [0, 0.1) is 17.8 Å². The van der Waals surface area contributed by atoms with Gasteiger partial charge in [0.15, 0.2) is 0 Å². The Morgan fingerprint density at radius 2 is 1.24 bits per heavy atom. The molecule has 2 atom stereocenters. The molecular formula is C39H60O3. The van der Waals surface area contributed by atoms with Gasteiger partial charge in [0, 0.05) is 0 Å². The van der Waals surface area contributed by atoms with E-state index in [4.69, 9.17) is 9.47 Å². The molecule has 3 nitrogen and oxygen atoms in total. The van der Waals surface area contributed by atoms with E-state index in [2.05, 4.69) is 52.0 Å². The molecule has 0 spiro atoms. The van der Waals surface area contributed by atoms with Crippen LogP contribution in [0.25, 0.3) is 11.1 Å². The Bertz CT molecular complexity index is 972. The minimum Gasteiger partial charge on any atom is -0.491 e. The monoisotopic (exact) mass is 576 g/mol. The van der Waals surface area contributed by atoms with Crippen LogP contribution in [-0.4, -0.2) is 12.1 Å². The highest BCUT2D eigenvalue weighted by Crippen LogP contribution is 2.33. The molecule has 2 aromatic carbocycles. The van der Waals surface area contributed by atoms with Crippen LogP contribution in [0.5, 0.6) is 11.5 Å². The zero-order chi connectivity index (χ0) is 30.0. The smallest absolute Gasteiger partial charge is 0.314 e. The first-order valence-corrected chi connectivity index (χ1v) is 17.6. The number of benzene rings is 2. The van der Waals surface area contributed by atoms with Crippen LogP contribution in [0.1, 0.15) is 143 Å². The van der Waals surface area contributed by atoms with Crippen LogP contribution in [0.2, 0.25) is 0 Å². The Hall–Kier alpha value is -2.29. The molecule has 1 aliphatic carbocycles. The molecule has 0 radical (unpaired) electrons. The minimum atomic E-state index is -0.0519. The Morgan fingerprint density at radius 1 is 0.690 bits per heavy atom. The third-order valence-electron chi connectivity index (χ3n) is 9.50. The van der Waals surface area contributed by atoms with Crippen molar-refractivity contribution in [2.24, 2.45) is 17.8 Å². The van der Waals surface area contributed by atoms with Crippen molar-refractivity contribution in [1.82, 2.24) is 0 Å². The number of rotatable bonds is 20. The summed E-state index contributed by atoms with van der Waals surface area (Å²) in [6.45, 7) is 9.07. The largest absolute Gasteiger partial charge is 0.491 e. The van der Waals surface area contributed by atoms with Gasteiger partial charge in [-0.05, 0) is 92.7 Å². The summed E-state index contributed by atoms with van der Waals surface area (Å²) in [5, 5.41) is 0. The highest BCUT2D eigenvalue weighted by atomic mass is 16.5. The normalized spacial score (nSPS) is 18.4. The Balaban J connectivity index is 1.31. The van der Waals surface area contributed by atoms with Gasteiger partial charge in [0.05, 0.1) is 12.0 Å². The number of unbranched alkanes of at least 4 members (excludes halogenated alkanes) is 8. The molecule has 0 aliphatic heterocycles. The summed E-state index contributed by atoms with van der Waals surface area (Å²) in [5.74, 6) is 3.25. The molecule has 0 unspecified atom stereocenters. The summed E-state index contributed by atoms with van der Waals surface area (Å²) in [4.78, 5) is 12.9. The summed E-state index contributed by atoms with van der Waals surface area (Å²) in [6, 6.07) is 16.2. The van der Waals surface area contributed by atoms with Crippen molar-refractivity contribution in [3.63, 3.8) is 0 Å². The summed E-state index contributed by atoms with van der Waals surface area (Å²) in [7, 11) is 0. The lowest BCUT2D eigenvalue weighted by molar-refractivity contribution is -0.140. The molecule has 3 heteroatoms. The quantitative estimate of drug-likeness (QED) is 0.0893. The summed E-state index contributed by atoms with van der Waals surface area (Å²) in [5.41, 5.74) is 2.25. The summed E-state index contributed by atoms with van der Waals surface area (Å²) in [6.07, 6.45) is 23.1. The van der Waals surface area contributed by atoms with Crippen LogP contribution in [-0.2, 0) is 4.79 Å². The van der Waals surface area contributed by atoms with E-state index in [0.717, 1.165) is 48.0 Å². The predicted molar refractivity (Wildman–Crippen MR) is 178 cm³/mol. The molecule has 2 aromatic rings. The van der Waals surface area contributed by atoms with Gasteiger partial charge in [0.25, 0.3) is 0 Å². The maximum atomic E-state index is 12.9. The van der Waals surface area contributed by atoms with Crippen LogP contribution >= 0.6 is 0 Å². The third kappa shape index (κ3) is 12.9. The van der Waals surface area contributed by atoms with Gasteiger partial charge >= 0.3 is 5.97 Å². The van der Waals surface area contributed by atoms with Crippen molar-refractivity contribution in [3.8, 4) is 22.6 Å². The van der Waals surface area contributed by atoms with Gasteiger partial charge in [-0.15, -0.1) is 0 Å². The molecule has 234 valence electrons. The van der Waals surface area contributed by atoms with Crippen LogP contribution in [0.4, 0.5) is 0 Å². The lowest BCUT2D eigenvalue weighted by atomic mass is 9.79. The van der Waals surface area contributed by atoms with Crippen molar-refractivity contribution in [2.75, 3.05) is 0 Å². The molecule has 1 aliphatic rings. The molecule has 0 aromatic heterocycles. The van der Waals surface area contributed by atoms with E-state index >= 15 is 0 Å². The van der Waals surface area contributed by atoms with E-state index < -0.39 is 0 Å². The van der Waals surface area contributed by atoms with Gasteiger partial charge in [-0.3, -0.25) is 4.79 Å². The second-order valence-corrected chi connectivity index (χ2v) is 13.2. The number of hydrogen-bond donors (Lipinski definition) is 0. The fourth-order valence-electron chi connectivity index (χ4n) is 6.31. The third-order valence-corrected chi connectivity index (χ3v) is 9.50. The van der Waals surface area contributed by atoms with E-state index in [1.165, 1.54) is 96.3 Å². The Labute approximate surface area is 258 Å². The van der Waals surface area contributed by atoms with Crippen molar-refractivity contribution in [1.29, 1.82) is 0 Å². The molecule has 0 heterocycles. The van der Waals surface area contributed by atoms with E-state index in [0.29, 0.717) is 5.75 Å². The highest BCUT2D eigenvalue weighted by molar-refractivity contribution is 5.75. The first-order chi connectivity index (χ1) is 20.5. The fourth-order valence-corrected chi connectivity index (χ4v) is 6.31. The maximum absolute atomic E-state index is 12.9.